The number of aromatic nitrogens is 1. The second-order valence-corrected chi connectivity index (χ2v) is 16.4. The number of carbonyl (C=O) groups is 2. The molecule has 0 radical (unpaired) electrons. The molecule has 62 heavy (non-hydrogen) atoms. The normalized spacial score (nSPS) is 19.5. The second-order valence-electron chi connectivity index (χ2n) is 16.4. The van der Waals surface area contributed by atoms with Crippen molar-refractivity contribution < 1.29 is 42.7 Å². The summed E-state index contributed by atoms with van der Waals surface area (Å²) < 4.78 is 47.3. The Bertz CT molecular complexity index is 2300. The molecule has 1 aliphatic rings. The molecule has 0 spiro atoms. The van der Waals surface area contributed by atoms with Gasteiger partial charge < -0.3 is 43.0 Å². The zero-order valence-corrected chi connectivity index (χ0v) is 35.8. The summed E-state index contributed by atoms with van der Waals surface area (Å²) in [6.45, 7) is 6.73. The third-order valence-corrected chi connectivity index (χ3v) is 10.6. The fourth-order valence-electron chi connectivity index (χ4n) is 7.64. The Kier molecular flexibility index (Phi) is 15.2. The average Bonchev–Trinajstić information content (AvgIpc) is 3.65. The van der Waals surface area contributed by atoms with Gasteiger partial charge in [-0.3, -0.25) is 0 Å². The van der Waals surface area contributed by atoms with E-state index in [1.807, 2.05) is 156 Å². The standard InChI is InChI=1S/C51H56N2O9/c1-51(2,3)62-50(55)52-42(49(54)56-4)29-40-30-53(43-28-18-17-27-41(40)43)48-47(60-34-39-25-15-8-16-26-39)46(59-33-38-23-13-7-14-24-38)45(58-32-37-21-11-6-12-22-37)44(61-48)35-57-31-36-19-9-5-10-20-36/h5-28,30,42,44-48H,29,31-35H2,1-4H3,(H,52,55)/t42-,44+,45+,46-,47-,48-/m0/s1. The highest BCUT2D eigenvalue weighted by Gasteiger charge is 2.49. The predicted octanol–water partition coefficient (Wildman–Crippen LogP) is 9.12. The van der Waals surface area contributed by atoms with Gasteiger partial charge in [-0.2, -0.15) is 0 Å². The summed E-state index contributed by atoms with van der Waals surface area (Å²) in [4.78, 5) is 26.2. The van der Waals surface area contributed by atoms with Crippen LogP contribution in [0, 0.1) is 0 Å². The van der Waals surface area contributed by atoms with Crippen LogP contribution in [0.1, 0.15) is 54.8 Å². The van der Waals surface area contributed by atoms with E-state index in [4.69, 9.17) is 33.2 Å². The van der Waals surface area contributed by atoms with Crippen molar-refractivity contribution in [3.05, 3.63) is 180 Å². The molecule has 11 heteroatoms. The Labute approximate surface area is 363 Å². The minimum Gasteiger partial charge on any atom is -0.467 e. The molecule has 2 heterocycles. The Morgan fingerprint density at radius 2 is 1.13 bits per heavy atom. The first-order valence-corrected chi connectivity index (χ1v) is 21.0. The molecular formula is C51H56N2O9. The van der Waals surface area contributed by atoms with Gasteiger partial charge in [-0.1, -0.05) is 140 Å². The van der Waals surface area contributed by atoms with E-state index in [-0.39, 0.29) is 19.6 Å². The molecule has 1 amide bonds. The number of methoxy groups -OCH3 is 1. The summed E-state index contributed by atoms with van der Waals surface area (Å²) in [5.74, 6) is -0.603. The molecule has 1 aliphatic heterocycles. The minimum absolute atomic E-state index is 0.113. The molecule has 5 aromatic carbocycles. The van der Waals surface area contributed by atoms with Crippen molar-refractivity contribution in [1.82, 2.24) is 9.88 Å². The SMILES string of the molecule is COC(=O)[C@H](Cc1cn([C@H]2O[C@H](COCc3ccccc3)[C@@H](OCc3ccccc3)[C@H](OCc3ccccc3)[C@@H]2OCc2ccccc2)c2ccccc12)NC(=O)OC(C)(C)C. The lowest BCUT2D eigenvalue weighted by Crippen LogP contribution is -2.59. The number of nitrogens with one attached hydrogen (secondary N) is 1. The first kappa shape index (κ1) is 44.2. The number of alkyl carbamates (subject to hydrolysis) is 1. The molecule has 0 bridgehead atoms. The first-order chi connectivity index (χ1) is 30.1. The highest BCUT2D eigenvalue weighted by molar-refractivity contribution is 5.86. The van der Waals surface area contributed by atoms with Gasteiger partial charge in [-0.25, -0.2) is 9.59 Å². The summed E-state index contributed by atoms with van der Waals surface area (Å²) in [6.07, 6.45) is -2.04. The van der Waals surface area contributed by atoms with Crippen LogP contribution in [-0.2, 0) is 70.8 Å². The van der Waals surface area contributed by atoms with Crippen LogP contribution in [0.3, 0.4) is 0 Å². The lowest BCUT2D eigenvalue weighted by atomic mass is 9.96. The van der Waals surface area contributed by atoms with E-state index < -0.39 is 54.3 Å². The Hall–Kier alpha value is -5.82. The van der Waals surface area contributed by atoms with Crippen molar-refractivity contribution in [3.8, 4) is 0 Å². The fourth-order valence-corrected chi connectivity index (χ4v) is 7.64. The third kappa shape index (κ3) is 12.0. The molecule has 7 rings (SSSR count). The Balaban J connectivity index is 1.30. The van der Waals surface area contributed by atoms with Crippen LogP contribution in [0.15, 0.2) is 152 Å². The van der Waals surface area contributed by atoms with Gasteiger partial charge in [-0.15, -0.1) is 0 Å². The quantitative estimate of drug-likeness (QED) is 0.0847. The zero-order valence-electron chi connectivity index (χ0n) is 35.8. The van der Waals surface area contributed by atoms with Crippen LogP contribution < -0.4 is 5.32 Å². The average molecular weight is 841 g/mol. The zero-order chi connectivity index (χ0) is 43.3. The van der Waals surface area contributed by atoms with Gasteiger partial charge in [-0.05, 0) is 54.7 Å². The summed E-state index contributed by atoms with van der Waals surface area (Å²) in [5.41, 5.74) is 4.85. The lowest BCUT2D eigenvalue weighted by Gasteiger charge is -2.46. The predicted molar refractivity (Wildman–Crippen MR) is 236 cm³/mol. The number of amides is 1. The number of fused-ring (bicyclic) bond motifs is 1. The molecule has 1 N–H and O–H groups in total. The largest absolute Gasteiger partial charge is 0.467 e. The highest BCUT2D eigenvalue weighted by Crippen LogP contribution is 2.39. The smallest absolute Gasteiger partial charge is 0.408 e. The number of carbonyl (C=O) groups excluding carboxylic acids is 2. The summed E-state index contributed by atoms with van der Waals surface area (Å²) in [6, 6.07) is 46.9. The van der Waals surface area contributed by atoms with Crippen molar-refractivity contribution in [3.63, 3.8) is 0 Å². The Morgan fingerprint density at radius 3 is 1.66 bits per heavy atom. The summed E-state index contributed by atoms with van der Waals surface area (Å²) >= 11 is 0. The van der Waals surface area contributed by atoms with E-state index in [9.17, 15) is 9.59 Å². The highest BCUT2D eigenvalue weighted by atomic mass is 16.6. The first-order valence-electron chi connectivity index (χ1n) is 21.0. The van der Waals surface area contributed by atoms with E-state index in [1.165, 1.54) is 7.11 Å². The number of esters is 1. The molecule has 324 valence electrons. The van der Waals surface area contributed by atoms with Gasteiger partial charge >= 0.3 is 12.1 Å². The number of hydrogen-bond donors (Lipinski definition) is 1. The second kappa shape index (κ2) is 21.3. The molecule has 6 aromatic rings. The molecule has 1 fully saturated rings. The van der Waals surface area contributed by atoms with Crippen molar-refractivity contribution in [1.29, 1.82) is 0 Å². The van der Waals surface area contributed by atoms with Crippen LogP contribution in [0.5, 0.6) is 0 Å². The summed E-state index contributed by atoms with van der Waals surface area (Å²) in [7, 11) is 1.30. The number of ether oxygens (including phenoxy) is 7. The molecule has 1 saturated heterocycles. The van der Waals surface area contributed by atoms with Crippen molar-refractivity contribution in [2.75, 3.05) is 13.7 Å². The van der Waals surface area contributed by atoms with Crippen molar-refractivity contribution >= 4 is 23.0 Å². The van der Waals surface area contributed by atoms with Gasteiger partial charge in [0.1, 0.15) is 36.1 Å². The van der Waals surface area contributed by atoms with Crippen LogP contribution >= 0.6 is 0 Å². The van der Waals surface area contributed by atoms with Crippen LogP contribution in [0.2, 0.25) is 0 Å². The molecule has 0 saturated carbocycles. The minimum atomic E-state index is -1.04. The molecule has 0 aliphatic carbocycles. The maximum absolute atomic E-state index is 13.2. The lowest BCUT2D eigenvalue weighted by molar-refractivity contribution is -0.289. The van der Waals surface area contributed by atoms with Crippen LogP contribution in [0.4, 0.5) is 4.79 Å². The van der Waals surface area contributed by atoms with Gasteiger partial charge in [0.05, 0.1) is 45.7 Å². The van der Waals surface area contributed by atoms with E-state index in [1.54, 1.807) is 20.8 Å². The molecule has 11 nitrogen and oxygen atoms in total. The topological polar surface area (TPSA) is 116 Å². The van der Waals surface area contributed by atoms with Gasteiger partial charge in [0.15, 0.2) is 6.23 Å². The van der Waals surface area contributed by atoms with E-state index >= 15 is 0 Å². The van der Waals surface area contributed by atoms with E-state index in [2.05, 4.69) is 5.32 Å². The van der Waals surface area contributed by atoms with Gasteiger partial charge in [0.2, 0.25) is 0 Å². The van der Waals surface area contributed by atoms with Crippen molar-refractivity contribution in [2.45, 2.75) is 95.9 Å². The molecule has 6 atom stereocenters. The Morgan fingerprint density at radius 1 is 0.645 bits per heavy atom. The number of para-hydroxylation sites is 1. The molecule has 1 aromatic heterocycles. The van der Waals surface area contributed by atoms with Gasteiger partial charge in [0, 0.05) is 18.0 Å². The number of nitrogens with zero attached hydrogens (tertiary/aromatic N) is 1. The molecule has 0 unspecified atom stereocenters. The fraction of sp³-hybridized carbons (Fsp3) is 0.333. The maximum atomic E-state index is 13.2. The summed E-state index contributed by atoms with van der Waals surface area (Å²) in [5, 5.41) is 3.60. The van der Waals surface area contributed by atoms with Crippen LogP contribution in [0.25, 0.3) is 10.9 Å². The van der Waals surface area contributed by atoms with Crippen molar-refractivity contribution in [2.24, 2.45) is 0 Å². The third-order valence-electron chi connectivity index (χ3n) is 10.6. The maximum Gasteiger partial charge on any atom is 0.408 e. The monoisotopic (exact) mass is 840 g/mol. The van der Waals surface area contributed by atoms with E-state index in [0.29, 0.717) is 19.8 Å². The molecular weight excluding hydrogens is 785 g/mol. The number of rotatable bonds is 18. The number of hydrogen-bond acceptors (Lipinski definition) is 9. The van der Waals surface area contributed by atoms with Crippen LogP contribution in [-0.4, -0.2) is 66.4 Å². The number of benzene rings is 5. The van der Waals surface area contributed by atoms with E-state index in [0.717, 1.165) is 38.7 Å². The van der Waals surface area contributed by atoms with Gasteiger partial charge in [0.25, 0.3) is 0 Å².